The molecule has 0 spiro atoms. The Morgan fingerprint density at radius 2 is 1.74 bits per heavy atom. The molecule has 0 saturated carbocycles. The van der Waals surface area contributed by atoms with Crippen LogP contribution in [0.4, 0.5) is 11.4 Å². The van der Waals surface area contributed by atoms with E-state index in [4.69, 9.17) is 9.47 Å². The maximum Gasteiger partial charge on any atom is 0.258 e. The molecule has 2 heterocycles. The zero-order chi connectivity index (χ0) is 23.8. The Labute approximate surface area is 201 Å². The Kier molecular flexibility index (Phi) is 5.94. The third-order valence-electron chi connectivity index (χ3n) is 7.18. The van der Waals surface area contributed by atoms with Crippen LogP contribution < -0.4 is 19.3 Å². The van der Waals surface area contributed by atoms with Crippen molar-refractivity contribution in [1.82, 2.24) is 0 Å². The van der Waals surface area contributed by atoms with Crippen molar-refractivity contribution in [1.29, 1.82) is 0 Å². The highest BCUT2D eigenvalue weighted by Crippen LogP contribution is 2.45. The van der Waals surface area contributed by atoms with Gasteiger partial charge in [0.2, 0.25) is 0 Å². The highest BCUT2D eigenvalue weighted by molar-refractivity contribution is 6.07. The summed E-state index contributed by atoms with van der Waals surface area (Å²) in [5.74, 6) is 1.16. The van der Waals surface area contributed by atoms with E-state index in [-0.39, 0.29) is 18.0 Å². The number of anilines is 2. The van der Waals surface area contributed by atoms with Crippen LogP contribution in [0.25, 0.3) is 0 Å². The Morgan fingerprint density at radius 3 is 2.53 bits per heavy atom. The molecular formula is C29H32N2O3. The Balaban J connectivity index is 1.54. The van der Waals surface area contributed by atoms with E-state index in [1.54, 1.807) is 26.4 Å². The van der Waals surface area contributed by atoms with Gasteiger partial charge in [-0.25, -0.2) is 0 Å². The lowest BCUT2D eigenvalue weighted by molar-refractivity contribution is 0.0973. The van der Waals surface area contributed by atoms with E-state index in [9.17, 15) is 4.79 Å². The zero-order valence-electron chi connectivity index (χ0n) is 20.4. The predicted molar refractivity (Wildman–Crippen MR) is 136 cm³/mol. The van der Waals surface area contributed by atoms with E-state index < -0.39 is 0 Å². The first-order valence-electron chi connectivity index (χ1n) is 12.0. The fraction of sp³-hybridized carbons (Fsp3) is 0.345. The van der Waals surface area contributed by atoms with Gasteiger partial charge in [0.05, 0.1) is 20.3 Å². The van der Waals surface area contributed by atoms with Gasteiger partial charge in [0, 0.05) is 29.5 Å². The molecule has 3 aromatic carbocycles. The first-order chi connectivity index (χ1) is 16.5. The minimum Gasteiger partial charge on any atom is -0.493 e. The molecule has 5 rings (SSSR count). The van der Waals surface area contributed by atoms with Crippen LogP contribution in [-0.2, 0) is 6.42 Å². The smallest absolute Gasteiger partial charge is 0.258 e. The molecule has 3 aromatic rings. The molecule has 5 nitrogen and oxygen atoms in total. The van der Waals surface area contributed by atoms with E-state index in [1.807, 2.05) is 17.0 Å². The van der Waals surface area contributed by atoms with Gasteiger partial charge in [-0.05, 0) is 80.1 Å². The second-order valence-corrected chi connectivity index (χ2v) is 9.33. The van der Waals surface area contributed by atoms with E-state index in [1.165, 1.54) is 22.4 Å². The van der Waals surface area contributed by atoms with Crippen LogP contribution >= 0.6 is 0 Å². The first kappa shape index (κ1) is 22.3. The van der Waals surface area contributed by atoms with E-state index in [0.29, 0.717) is 17.1 Å². The molecule has 0 bridgehead atoms. The Morgan fingerprint density at radius 1 is 0.941 bits per heavy atom. The zero-order valence-corrected chi connectivity index (χ0v) is 20.4. The lowest BCUT2D eigenvalue weighted by Gasteiger charge is -2.46. The third-order valence-corrected chi connectivity index (χ3v) is 7.18. The predicted octanol–water partition coefficient (Wildman–Crippen LogP) is 5.95. The monoisotopic (exact) mass is 456 g/mol. The van der Waals surface area contributed by atoms with Crippen molar-refractivity contribution in [3.05, 3.63) is 82.9 Å². The second kappa shape index (κ2) is 9.05. The molecule has 2 aliphatic heterocycles. The van der Waals surface area contributed by atoms with Crippen LogP contribution in [0, 0.1) is 6.92 Å². The number of hydrogen-bond acceptors (Lipinski definition) is 4. The molecule has 0 fully saturated rings. The SMILES string of the molecule is COc1ccc(C(=O)N2c3ccccc3C(N3CCCc4ccc(C)cc43)CC2C)cc1OC. The lowest BCUT2D eigenvalue weighted by Crippen LogP contribution is -2.47. The molecule has 5 heteroatoms. The molecule has 0 N–H and O–H groups in total. The number of fused-ring (bicyclic) bond motifs is 2. The summed E-state index contributed by atoms with van der Waals surface area (Å²) in [6.45, 7) is 5.35. The summed E-state index contributed by atoms with van der Waals surface area (Å²) in [7, 11) is 3.19. The van der Waals surface area contributed by atoms with Crippen molar-refractivity contribution < 1.29 is 14.3 Å². The maximum absolute atomic E-state index is 13.8. The number of carbonyl (C=O) groups excluding carboxylic acids is 1. The largest absolute Gasteiger partial charge is 0.493 e. The normalized spacial score (nSPS) is 19.3. The summed E-state index contributed by atoms with van der Waals surface area (Å²) in [6.07, 6.45) is 3.15. The van der Waals surface area contributed by atoms with Crippen LogP contribution in [0.3, 0.4) is 0 Å². The molecule has 1 amide bonds. The lowest BCUT2D eigenvalue weighted by atomic mass is 9.87. The number of carbonyl (C=O) groups is 1. The van der Waals surface area contributed by atoms with Gasteiger partial charge in [0.25, 0.3) is 5.91 Å². The van der Waals surface area contributed by atoms with Crippen LogP contribution in [0.15, 0.2) is 60.7 Å². The number of methoxy groups -OCH3 is 2. The number of para-hydroxylation sites is 1. The molecule has 34 heavy (non-hydrogen) atoms. The third kappa shape index (κ3) is 3.79. The fourth-order valence-electron chi connectivity index (χ4n) is 5.53. The van der Waals surface area contributed by atoms with Gasteiger partial charge in [0.15, 0.2) is 11.5 Å². The van der Waals surface area contributed by atoms with Crippen LogP contribution in [0.5, 0.6) is 11.5 Å². The van der Waals surface area contributed by atoms with Crippen LogP contribution in [-0.4, -0.2) is 32.7 Å². The summed E-state index contributed by atoms with van der Waals surface area (Å²) >= 11 is 0. The molecular weight excluding hydrogens is 424 g/mol. The number of amides is 1. The maximum atomic E-state index is 13.8. The van der Waals surface area contributed by atoms with E-state index in [2.05, 4.69) is 55.1 Å². The minimum atomic E-state index is -0.0192. The number of ether oxygens (including phenoxy) is 2. The first-order valence-corrected chi connectivity index (χ1v) is 12.0. The number of benzene rings is 3. The van der Waals surface area contributed by atoms with Gasteiger partial charge < -0.3 is 19.3 Å². The van der Waals surface area contributed by atoms with Gasteiger partial charge in [0.1, 0.15) is 0 Å². The number of rotatable bonds is 4. The van der Waals surface area contributed by atoms with Crippen LogP contribution in [0.2, 0.25) is 0 Å². The quantitative estimate of drug-likeness (QED) is 0.487. The van der Waals surface area contributed by atoms with Crippen molar-refractivity contribution in [3.63, 3.8) is 0 Å². The molecule has 0 aliphatic carbocycles. The molecule has 2 unspecified atom stereocenters. The average molecular weight is 457 g/mol. The molecule has 176 valence electrons. The van der Waals surface area contributed by atoms with Crippen LogP contribution in [0.1, 0.15) is 52.9 Å². The summed E-state index contributed by atoms with van der Waals surface area (Å²) in [5.41, 5.74) is 6.85. The molecule has 0 saturated heterocycles. The highest BCUT2D eigenvalue weighted by Gasteiger charge is 2.38. The number of nitrogens with zero attached hydrogens (tertiary/aromatic N) is 2. The standard InChI is InChI=1S/C29H32N2O3/c1-19-11-12-21-8-7-15-30(25(21)16-19)26-17-20(2)31(24-10-6-5-9-23(24)26)29(32)22-13-14-27(33-3)28(18-22)34-4/h5-6,9-14,16,18,20,26H,7-8,15,17H2,1-4H3. The van der Waals surface area contributed by atoms with Crippen molar-refractivity contribution in [2.45, 2.75) is 45.2 Å². The number of aryl methyl sites for hydroxylation is 2. The topological polar surface area (TPSA) is 42.0 Å². The van der Waals surface area contributed by atoms with Gasteiger partial charge in [-0.1, -0.05) is 30.3 Å². The van der Waals surface area contributed by atoms with Gasteiger partial charge >= 0.3 is 0 Å². The van der Waals surface area contributed by atoms with Gasteiger partial charge in [-0.2, -0.15) is 0 Å². The van der Waals surface area contributed by atoms with Gasteiger partial charge in [-0.3, -0.25) is 4.79 Å². The number of hydrogen-bond donors (Lipinski definition) is 0. The molecule has 2 aliphatic rings. The molecule has 0 radical (unpaired) electrons. The summed E-state index contributed by atoms with van der Waals surface area (Å²) in [4.78, 5) is 18.3. The van der Waals surface area contributed by atoms with E-state index >= 15 is 0 Å². The average Bonchev–Trinajstić information content (AvgIpc) is 2.87. The molecule has 0 aromatic heterocycles. The Bertz CT molecular complexity index is 1220. The second-order valence-electron chi connectivity index (χ2n) is 9.33. The molecule has 2 atom stereocenters. The van der Waals surface area contributed by atoms with E-state index in [0.717, 1.165) is 31.5 Å². The minimum absolute atomic E-state index is 0.0192. The van der Waals surface area contributed by atoms with Gasteiger partial charge in [-0.15, -0.1) is 0 Å². The Hall–Kier alpha value is -3.47. The fourth-order valence-corrected chi connectivity index (χ4v) is 5.53. The van der Waals surface area contributed by atoms with Crippen molar-refractivity contribution >= 4 is 17.3 Å². The van der Waals surface area contributed by atoms with Crippen molar-refractivity contribution in [2.24, 2.45) is 0 Å². The summed E-state index contributed by atoms with van der Waals surface area (Å²) < 4.78 is 10.8. The van der Waals surface area contributed by atoms with Crippen molar-refractivity contribution in [3.8, 4) is 11.5 Å². The summed E-state index contributed by atoms with van der Waals surface area (Å²) in [5, 5.41) is 0. The highest BCUT2D eigenvalue weighted by atomic mass is 16.5. The van der Waals surface area contributed by atoms with Crippen molar-refractivity contribution in [2.75, 3.05) is 30.6 Å². The summed E-state index contributed by atoms with van der Waals surface area (Å²) in [6, 6.07) is 20.9.